The first kappa shape index (κ1) is 31.3. The minimum absolute atomic E-state index is 0.239. The molecule has 1 aliphatic carbocycles. The summed E-state index contributed by atoms with van der Waals surface area (Å²) in [5.74, 6) is 0. The summed E-state index contributed by atoms with van der Waals surface area (Å²) in [7, 11) is 0. The standard InChI is InChI=1S/C53H36N2O/c1-53(2)45-31-36(54(47-20-11-14-33-12-3-5-15-38(33)47)35-25-29-51-44(30-35)42-17-8-10-21-50(42)56-51)23-26-40(45)41-27-24-37(32-46(41)53)55-48-19-9-7-18-43(48)52-39-16-6-4-13-34(39)22-28-49(52)55/h3-32H,1-2H3. The maximum atomic E-state index is 6.27. The number of rotatable bonds is 4. The van der Waals surface area contributed by atoms with Gasteiger partial charge < -0.3 is 13.9 Å². The lowest BCUT2D eigenvalue weighted by molar-refractivity contribution is 0.660. The zero-order valence-corrected chi connectivity index (χ0v) is 31.1. The lowest BCUT2D eigenvalue weighted by Gasteiger charge is -2.29. The first-order valence-corrected chi connectivity index (χ1v) is 19.4. The zero-order chi connectivity index (χ0) is 37.1. The van der Waals surface area contributed by atoms with Crippen LogP contribution >= 0.6 is 0 Å². The van der Waals surface area contributed by atoms with Gasteiger partial charge in [0.2, 0.25) is 0 Å². The van der Waals surface area contributed by atoms with Crippen LogP contribution < -0.4 is 4.90 Å². The topological polar surface area (TPSA) is 21.3 Å². The van der Waals surface area contributed by atoms with E-state index in [4.69, 9.17) is 4.42 Å². The third-order valence-electron chi connectivity index (χ3n) is 12.3. The Morgan fingerprint density at radius 3 is 1.93 bits per heavy atom. The van der Waals surface area contributed by atoms with E-state index in [9.17, 15) is 0 Å². The lowest BCUT2D eigenvalue weighted by Crippen LogP contribution is -2.17. The summed E-state index contributed by atoms with van der Waals surface area (Å²) in [6.07, 6.45) is 0. The van der Waals surface area contributed by atoms with Gasteiger partial charge in [0.25, 0.3) is 0 Å². The molecule has 11 aromatic rings. The van der Waals surface area contributed by atoms with Crippen molar-refractivity contribution in [3.63, 3.8) is 0 Å². The summed E-state index contributed by atoms with van der Waals surface area (Å²) >= 11 is 0. The van der Waals surface area contributed by atoms with Crippen molar-refractivity contribution >= 4 is 82.4 Å². The first-order valence-electron chi connectivity index (χ1n) is 19.4. The van der Waals surface area contributed by atoms with Crippen LogP contribution in [0, 0.1) is 0 Å². The fourth-order valence-electron chi connectivity index (χ4n) is 9.69. The molecule has 0 unspecified atom stereocenters. The van der Waals surface area contributed by atoms with E-state index in [1.165, 1.54) is 71.3 Å². The molecule has 2 aromatic heterocycles. The molecule has 0 saturated carbocycles. The molecule has 2 heterocycles. The largest absolute Gasteiger partial charge is 0.456 e. The molecule has 3 heteroatoms. The van der Waals surface area contributed by atoms with E-state index in [1.54, 1.807) is 0 Å². The van der Waals surface area contributed by atoms with E-state index in [0.717, 1.165) is 39.0 Å². The summed E-state index contributed by atoms with van der Waals surface area (Å²) < 4.78 is 8.73. The van der Waals surface area contributed by atoms with Crippen molar-refractivity contribution in [2.75, 3.05) is 4.90 Å². The average Bonchev–Trinajstić information content (AvgIpc) is 3.86. The summed E-state index contributed by atoms with van der Waals surface area (Å²) in [4.78, 5) is 2.43. The van der Waals surface area contributed by atoms with E-state index >= 15 is 0 Å². The Balaban J connectivity index is 1.04. The summed E-state index contributed by atoms with van der Waals surface area (Å²) in [5.41, 5.74) is 13.8. The second kappa shape index (κ2) is 11.5. The van der Waals surface area contributed by atoms with Crippen molar-refractivity contribution in [3.05, 3.63) is 193 Å². The summed E-state index contributed by atoms with van der Waals surface area (Å²) in [6.45, 7) is 4.77. The Kier molecular flexibility index (Phi) is 6.40. The zero-order valence-electron chi connectivity index (χ0n) is 31.1. The fourth-order valence-corrected chi connectivity index (χ4v) is 9.69. The first-order chi connectivity index (χ1) is 27.5. The third-order valence-corrected chi connectivity index (χ3v) is 12.3. The molecule has 1 aliphatic rings. The maximum absolute atomic E-state index is 6.27. The molecule has 0 spiro atoms. The van der Waals surface area contributed by atoms with Crippen LogP contribution in [0.1, 0.15) is 25.0 Å². The van der Waals surface area contributed by atoms with Gasteiger partial charge >= 0.3 is 0 Å². The monoisotopic (exact) mass is 716 g/mol. The van der Waals surface area contributed by atoms with E-state index in [0.29, 0.717) is 0 Å². The molecule has 0 atom stereocenters. The molecule has 0 aliphatic heterocycles. The number of hydrogen-bond acceptors (Lipinski definition) is 2. The number of furan rings is 1. The van der Waals surface area contributed by atoms with Crippen LogP contribution in [-0.4, -0.2) is 4.57 Å². The number of aromatic nitrogens is 1. The van der Waals surface area contributed by atoms with Crippen molar-refractivity contribution in [2.24, 2.45) is 0 Å². The van der Waals surface area contributed by atoms with Crippen LogP contribution in [0.5, 0.6) is 0 Å². The number of fused-ring (bicyclic) bond motifs is 12. The molecule has 0 fully saturated rings. The van der Waals surface area contributed by atoms with Gasteiger partial charge in [-0.05, 0) is 105 Å². The molecule has 9 aromatic carbocycles. The van der Waals surface area contributed by atoms with Crippen LogP contribution in [0.4, 0.5) is 17.1 Å². The van der Waals surface area contributed by atoms with Gasteiger partial charge in [-0.3, -0.25) is 0 Å². The predicted molar refractivity (Wildman–Crippen MR) is 235 cm³/mol. The van der Waals surface area contributed by atoms with E-state index in [1.807, 2.05) is 12.1 Å². The van der Waals surface area contributed by atoms with Crippen LogP contribution in [0.2, 0.25) is 0 Å². The van der Waals surface area contributed by atoms with Gasteiger partial charge in [0.15, 0.2) is 0 Å². The summed E-state index contributed by atoms with van der Waals surface area (Å²) in [6, 6.07) is 66.5. The number of hydrogen-bond donors (Lipinski definition) is 0. The Labute approximate surface area is 324 Å². The molecule has 12 rings (SSSR count). The minimum Gasteiger partial charge on any atom is -0.456 e. The highest BCUT2D eigenvalue weighted by Gasteiger charge is 2.37. The minimum atomic E-state index is -0.239. The SMILES string of the molecule is CC1(C)c2cc(N(c3ccc4oc5ccccc5c4c3)c3cccc4ccccc34)ccc2-c2ccc(-n3c4ccccc4c4c5ccccc5ccc43)cc21. The molecule has 264 valence electrons. The average molecular weight is 717 g/mol. The Bertz CT molecular complexity index is 3410. The van der Waals surface area contributed by atoms with E-state index in [2.05, 4.69) is 193 Å². The molecule has 0 radical (unpaired) electrons. The van der Waals surface area contributed by atoms with Gasteiger partial charge in [0.1, 0.15) is 11.2 Å². The summed E-state index contributed by atoms with van der Waals surface area (Å²) in [5, 5.41) is 9.80. The lowest BCUT2D eigenvalue weighted by atomic mass is 9.82. The second-order valence-corrected chi connectivity index (χ2v) is 15.7. The van der Waals surface area contributed by atoms with Gasteiger partial charge in [-0.25, -0.2) is 0 Å². The smallest absolute Gasteiger partial charge is 0.135 e. The molecular weight excluding hydrogens is 681 g/mol. The van der Waals surface area contributed by atoms with E-state index < -0.39 is 0 Å². The van der Waals surface area contributed by atoms with Gasteiger partial charge in [-0.2, -0.15) is 0 Å². The maximum Gasteiger partial charge on any atom is 0.135 e. The number of para-hydroxylation sites is 2. The van der Waals surface area contributed by atoms with Gasteiger partial charge in [0.05, 0.1) is 16.7 Å². The molecule has 56 heavy (non-hydrogen) atoms. The molecule has 0 amide bonds. The highest BCUT2D eigenvalue weighted by molar-refractivity contribution is 6.21. The third kappa shape index (κ3) is 4.34. The molecule has 0 bridgehead atoms. The van der Waals surface area contributed by atoms with Gasteiger partial charge in [0, 0.05) is 49.4 Å². The highest BCUT2D eigenvalue weighted by atomic mass is 16.3. The van der Waals surface area contributed by atoms with E-state index in [-0.39, 0.29) is 5.41 Å². The Morgan fingerprint density at radius 1 is 0.446 bits per heavy atom. The predicted octanol–water partition coefficient (Wildman–Crippen LogP) is 14.8. The van der Waals surface area contributed by atoms with Crippen molar-refractivity contribution in [3.8, 4) is 16.8 Å². The van der Waals surface area contributed by atoms with Crippen LogP contribution in [-0.2, 0) is 5.41 Å². The number of nitrogens with zero attached hydrogens (tertiary/aromatic N) is 2. The van der Waals surface area contributed by atoms with Crippen LogP contribution in [0.25, 0.3) is 82.1 Å². The van der Waals surface area contributed by atoms with Crippen molar-refractivity contribution in [2.45, 2.75) is 19.3 Å². The number of benzene rings is 9. The molecule has 3 nitrogen and oxygen atoms in total. The van der Waals surface area contributed by atoms with Gasteiger partial charge in [-0.1, -0.05) is 129 Å². The van der Waals surface area contributed by atoms with Crippen molar-refractivity contribution in [1.29, 1.82) is 0 Å². The fraction of sp³-hybridized carbons (Fsp3) is 0.0566. The normalized spacial score (nSPS) is 13.3. The second-order valence-electron chi connectivity index (χ2n) is 15.7. The van der Waals surface area contributed by atoms with Crippen molar-refractivity contribution in [1.82, 2.24) is 4.57 Å². The van der Waals surface area contributed by atoms with Crippen molar-refractivity contribution < 1.29 is 4.42 Å². The van der Waals surface area contributed by atoms with Crippen LogP contribution in [0.15, 0.2) is 186 Å². The number of anilines is 3. The molecular formula is C53H36N2O. The Morgan fingerprint density at radius 2 is 1.07 bits per heavy atom. The van der Waals surface area contributed by atoms with Crippen LogP contribution in [0.3, 0.4) is 0 Å². The molecule has 0 saturated heterocycles. The van der Waals surface area contributed by atoms with Gasteiger partial charge in [-0.15, -0.1) is 0 Å². The highest BCUT2D eigenvalue weighted by Crippen LogP contribution is 2.52. The Hall–Kier alpha value is -7.10. The quantitative estimate of drug-likeness (QED) is 0.181. The molecule has 0 N–H and O–H groups in total.